The van der Waals surface area contributed by atoms with Gasteiger partial charge >= 0.3 is 23.9 Å². The average Bonchev–Trinajstić information content (AvgIpc) is 3.33. The number of nitrogens with zero attached hydrogens (tertiary/aromatic N) is 2. The number of hydrogen-bond donors (Lipinski definition) is 1. The van der Waals surface area contributed by atoms with Crippen LogP contribution in [0.3, 0.4) is 0 Å². The highest BCUT2D eigenvalue weighted by atomic mass is 16.6. The van der Waals surface area contributed by atoms with Gasteiger partial charge in [-0.1, -0.05) is 24.8 Å². The summed E-state index contributed by atoms with van der Waals surface area (Å²) in [5.74, 6) is -1.54. The van der Waals surface area contributed by atoms with Crippen LogP contribution >= 0.6 is 0 Å². The van der Waals surface area contributed by atoms with Crippen LogP contribution in [0, 0.1) is 0 Å². The van der Waals surface area contributed by atoms with Crippen molar-refractivity contribution < 1.29 is 52.8 Å². The number of esters is 4. The van der Waals surface area contributed by atoms with E-state index in [1.54, 1.807) is 18.3 Å². The molecule has 13 nitrogen and oxygen atoms in total. The Hall–Kier alpha value is -5.85. The molecule has 1 unspecified atom stereocenters. The van der Waals surface area contributed by atoms with Crippen molar-refractivity contribution in [1.29, 1.82) is 0 Å². The van der Waals surface area contributed by atoms with Crippen molar-refractivity contribution in [2.75, 3.05) is 49.3 Å². The summed E-state index contributed by atoms with van der Waals surface area (Å²) in [7, 11) is 0. The number of carboxylic acid groups (broad SMARTS) is 1. The Kier molecular flexibility index (Phi) is 11.6. The maximum absolute atomic E-state index is 13.3. The summed E-state index contributed by atoms with van der Waals surface area (Å²) in [6.45, 7) is 10.5. The van der Waals surface area contributed by atoms with Crippen LogP contribution in [-0.2, 0) is 43.7 Å². The molecule has 0 fully saturated rings. The Morgan fingerprint density at radius 1 is 0.755 bits per heavy atom. The molecule has 49 heavy (non-hydrogen) atoms. The number of fused-ring (bicyclic) bond motifs is 6. The molecular formula is C36H38N2O11. The molecule has 258 valence electrons. The zero-order valence-corrected chi connectivity index (χ0v) is 27.7. The van der Waals surface area contributed by atoms with Gasteiger partial charge in [0.1, 0.15) is 31.3 Å². The Bertz CT molecular complexity index is 1730. The number of carboxylic acids is 1. The average molecular weight is 675 g/mol. The molecule has 2 aliphatic heterocycles. The molecule has 3 aromatic rings. The number of aliphatic carboxylic acids is 1. The zero-order chi connectivity index (χ0) is 35.7. The normalized spacial score (nSPS) is 14.7. The van der Waals surface area contributed by atoms with E-state index in [1.165, 1.54) is 20.8 Å². The van der Waals surface area contributed by atoms with Gasteiger partial charge in [0.05, 0.1) is 25.2 Å². The lowest BCUT2D eigenvalue weighted by molar-refractivity contribution is -0.141. The standard InChI is InChI=1S/C34H34N2O9.C2H4O2/c1-5-35(14-17-41-22(2)37)25-10-12-29-31(20-25)44-32-21-26(36(15-18-42-23(3)38)16-19-43-24(4)39)11-13-30(32)34(29)28-9-7-6-8-27(28)33(40)45-34;1-2(3)4/h5-13,20-21H,1,14-19H2,2-4H3;1H3,(H,3,4). The quantitative estimate of drug-likeness (QED) is 0.207. The van der Waals surface area contributed by atoms with Crippen molar-refractivity contribution in [3.05, 3.63) is 95.7 Å². The zero-order valence-electron chi connectivity index (χ0n) is 27.7. The summed E-state index contributed by atoms with van der Waals surface area (Å²) < 4.78 is 28.3. The van der Waals surface area contributed by atoms with Crippen molar-refractivity contribution in [2.45, 2.75) is 33.3 Å². The smallest absolute Gasteiger partial charge is 0.340 e. The van der Waals surface area contributed by atoms with Gasteiger partial charge in [-0.25, -0.2) is 4.79 Å². The number of carbonyl (C=O) groups is 5. The molecule has 1 spiro atoms. The summed E-state index contributed by atoms with van der Waals surface area (Å²) >= 11 is 0. The third-order valence-corrected chi connectivity index (χ3v) is 7.57. The molecule has 1 atom stereocenters. The molecule has 13 heteroatoms. The van der Waals surface area contributed by atoms with Crippen molar-refractivity contribution in [2.24, 2.45) is 0 Å². The van der Waals surface area contributed by atoms with Crippen LogP contribution in [0.4, 0.5) is 11.4 Å². The minimum Gasteiger partial charge on any atom is -0.481 e. The largest absolute Gasteiger partial charge is 0.481 e. The van der Waals surface area contributed by atoms with Crippen LogP contribution < -0.4 is 14.5 Å². The molecule has 0 amide bonds. The SMILES string of the molecule is C=CN(CCOC(C)=O)c1ccc2c(c1)Oc1cc(N(CCOC(C)=O)CCOC(C)=O)ccc1C21OC(=O)c2ccccc21.CC(=O)O. The van der Waals surface area contributed by atoms with E-state index in [9.17, 15) is 19.2 Å². The van der Waals surface area contributed by atoms with Crippen molar-refractivity contribution in [3.8, 4) is 11.5 Å². The minimum atomic E-state index is -1.27. The summed E-state index contributed by atoms with van der Waals surface area (Å²) in [5, 5.41) is 7.42. The van der Waals surface area contributed by atoms with Gasteiger partial charge in [0.25, 0.3) is 5.97 Å². The molecule has 1 N–H and O–H groups in total. The van der Waals surface area contributed by atoms with Crippen molar-refractivity contribution in [1.82, 2.24) is 0 Å². The van der Waals surface area contributed by atoms with E-state index in [-0.39, 0.29) is 25.8 Å². The predicted molar refractivity (Wildman–Crippen MR) is 178 cm³/mol. The van der Waals surface area contributed by atoms with Gasteiger partial charge in [0.15, 0.2) is 5.60 Å². The van der Waals surface area contributed by atoms with Crippen LogP contribution in [0.25, 0.3) is 0 Å². The van der Waals surface area contributed by atoms with Crippen LogP contribution in [0.2, 0.25) is 0 Å². The van der Waals surface area contributed by atoms with Gasteiger partial charge in [-0.3, -0.25) is 19.2 Å². The van der Waals surface area contributed by atoms with Crippen molar-refractivity contribution in [3.63, 3.8) is 0 Å². The second-order valence-corrected chi connectivity index (χ2v) is 11.0. The molecule has 0 saturated carbocycles. The van der Waals surface area contributed by atoms with E-state index in [1.807, 2.05) is 58.3 Å². The summed E-state index contributed by atoms with van der Waals surface area (Å²) in [5.41, 5.74) is 2.61. The first kappa shape index (κ1) is 36.0. The Labute approximate surface area is 283 Å². The third kappa shape index (κ3) is 8.36. The number of rotatable bonds is 12. The lowest BCUT2D eigenvalue weighted by atomic mass is 9.77. The van der Waals surface area contributed by atoms with E-state index >= 15 is 0 Å². The molecule has 2 heterocycles. The fourth-order valence-electron chi connectivity index (χ4n) is 5.61. The first-order valence-corrected chi connectivity index (χ1v) is 15.4. The topological polar surface area (TPSA) is 158 Å². The second kappa shape index (κ2) is 15.8. The molecule has 2 aliphatic rings. The number of hydrogen-bond acceptors (Lipinski definition) is 12. The molecule has 0 aromatic heterocycles. The Morgan fingerprint density at radius 3 is 1.78 bits per heavy atom. The van der Waals surface area contributed by atoms with Crippen LogP contribution in [-0.4, -0.2) is 74.4 Å². The first-order chi connectivity index (χ1) is 23.4. The molecule has 0 saturated heterocycles. The van der Waals surface area contributed by atoms with Crippen LogP contribution in [0.1, 0.15) is 54.7 Å². The molecule has 0 aliphatic carbocycles. The first-order valence-electron chi connectivity index (χ1n) is 15.4. The summed E-state index contributed by atoms with van der Waals surface area (Å²) in [6.07, 6.45) is 1.63. The molecule has 0 bridgehead atoms. The van der Waals surface area contributed by atoms with Gasteiger partial charge < -0.3 is 38.6 Å². The number of ether oxygens (including phenoxy) is 5. The maximum atomic E-state index is 13.3. The highest BCUT2D eigenvalue weighted by Crippen LogP contribution is 2.57. The Morgan fingerprint density at radius 2 is 1.24 bits per heavy atom. The van der Waals surface area contributed by atoms with Gasteiger partial charge in [-0.2, -0.15) is 0 Å². The molecule has 0 radical (unpaired) electrons. The second-order valence-electron chi connectivity index (χ2n) is 11.0. The summed E-state index contributed by atoms with van der Waals surface area (Å²) in [6, 6.07) is 18.4. The van der Waals surface area contributed by atoms with Gasteiger partial charge in [0, 0.05) is 67.9 Å². The monoisotopic (exact) mass is 674 g/mol. The fraction of sp³-hybridized carbons (Fsp3) is 0.306. The van der Waals surface area contributed by atoms with Gasteiger partial charge in [-0.15, -0.1) is 0 Å². The number of carbonyl (C=O) groups excluding carboxylic acids is 4. The molecule has 3 aromatic carbocycles. The van der Waals surface area contributed by atoms with Crippen LogP contribution in [0.5, 0.6) is 11.5 Å². The summed E-state index contributed by atoms with van der Waals surface area (Å²) in [4.78, 5) is 60.2. The van der Waals surface area contributed by atoms with E-state index < -0.39 is 29.5 Å². The van der Waals surface area contributed by atoms with Gasteiger partial charge in [-0.05, 0) is 36.5 Å². The van der Waals surface area contributed by atoms with E-state index in [4.69, 9.17) is 33.6 Å². The molecular weight excluding hydrogens is 636 g/mol. The Balaban J connectivity index is 0.00000128. The highest BCUT2D eigenvalue weighted by molar-refractivity contribution is 5.97. The van der Waals surface area contributed by atoms with Crippen LogP contribution in [0.15, 0.2) is 73.4 Å². The highest BCUT2D eigenvalue weighted by Gasteiger charge is 2.53. The van der Waals surface area contributed by atoms with Crippen molar-refractivity contribution >= 4 is 41.2 Å². The predicted octanol–water partition coefficient (Wildman–Crippen LogP) is 4.79. The number of anilines is 2. The van der Waals surface area contributed by atoms with Gasteiger partial charge in [0.2, 0.25) is 0 Å². The lowest BCUT2D eigenvalue weighted by Crippen LogP contribution is -2.34. The van der Waals surface area contributed by atoms with E-state index in [0.29, 0.717) is 53.4 Å². The maximum Gasteiger partial charge on any atom is 0.340 e. The van der Waals surface area contributed by atoms with E-state index in [0.717, 1.165) is 18.3 Å². The minimum absolute atomic E-state index is 0.124. The van der Waals surface area contributed by atoms with E-state index in [2.05, 4.69) is 6.58 Å². The number of benzene rings is 3. The third-order valence-electron chi connectivity index (χ3n) is 7.57. The fourth-order valence-corrected chi connectivity index (χ4v) is 5.61. The lowest BCUT2D eigenvalue weighted by Gasteiger charge is -2.37. The molecule has 5 rings (SSSR count).